The molecule has 0 aliphatic carbocycles. The van der Waals surface area contributed by atoms with Gasteiger partial charge >= 0.3 is 17.9 Å². The van der Waals surface area contributed by atoms with E-state index in [0.717, 1.165) is 77.0 Å². The molecule has 0 aromatic carbocycles. The van der Waals surface area contributed by atoms with Crippen molar-refractivity contribution in [1.82, 2.24) is 0 Å². The second-order valence-corrected chi connectivity index (χ2v) is 16.1. The summed E-state index contributed by atoms with van der Waals surface area (Å²) < 4.78 is 16.6. The molecular weight excluding hydrogens is 817 g/mol. The largest absolute Gasteiger partial charge is 0.462 e. The molecule has 1 atom stereocenters. The zero-order valence-electron chi connectivity index (χ0n) is 41.6. The molecule has 0 aliphatic rings. The Bertz CT molecular complexity index is 1560. The molecule has 0 saturated carbocycles. The molecule has 6 nitrogen and oxygen atoms in total. The van der Waals surface area contributed by atoms with Crippen LogP contribution in [0.25, 0.3) is 0 Å². The van der Waals surface area contributed by atoms with E-state index in [4.69, 9.17) is 14.2 Å². The molecule has 6 heteroatoms. The lowest BCUT2D eigenvalue weighted by Gasteiger charge is -2.18. The average Bonchev–Trinajstić information content (AvgIpc) is 3.31. The summed E-state index contributed by atoms with van der Waals surface area (Å²) in [6.45, 7) is 6.19. The molecule has 0 saturated heterocycles. The predicted octanol–water partition coefficient (Wildman–Crippen LogP) is 17.0. The molecule has 366 valence electrons. The number of hydrogen-bond acceptors (Lipinski definition) is 6. The van der Waals surface area contributed by atoms with E-state index in [-0.39, 0.29) is 50.4 Å². The molecule has 0 heterocycles. The normalized spacial score (nSPS) is 13.4. The van der Waals surface area contributed by atoms with Gasteiger partial charge in [0.2, 0.25) is 0 Å². The smallest absolute Gasteiger partial charge is 0.306 e. The van der Waals surface area contributed by atoms with E-state index < -0.39 is 6.10 Å². The number of allylic oxidation sites excluding steroid dienone is 26. The lowest BCUT2D eigenvalue weighted by molar-refractivity contribution is -0.166. The Kier molecular flexibility index (Phi) is 48.7. The van der Waals surface area contributed by atoms with Crippen molar-refractivity contribution < 1.29 is 28.6 Å². The molecule has 0 spiro atoms. The summed E-state index contributed by atoms with van der Waals surface area (Å²) in [5, 5.41) is 0. The van der Waals surface area contributed by atoms with E-state index in [1.807, 2.05) is 66.8 Å². The molecule has 1 unspecified atom stereocenters. The molecule has 0 rings (SSSR count). The minimum Gasteiger partial charge on any atom is -0.462 e. The quantitative estimate of drug-likeness (QED) is 0.0199. The number of carbonyl (C=O) groups excluding carboxylic acids is 3. The van der Waals surface area contributed by atoms with Gasteiger partial charge in [0, 0.05) is 19.3 Å². The summed E-state index contributed by atoms with van der Waals surface area (Å²) in [6.07, 6.45) is 76.8. The van der Waals surface area contributed by atoms with Crippen LogP contribution in [0.5, 0.6) is 0 Å². The van der Waals surface area contributed by atoms with Gasteiger partial charge in [-0.3, -0.25) is 14.4 Å². The van der Waals surface area contributed by atoms with Gasteiger partial charge in [-0.1, -0.05) is 224 Å². The van der Waals surface area contributed by atoms with E-state index >= 15 is 0 Å². The van der Waals surface area contributed by atoms with Gasteiger partial charge in [-0.05, 0) is 96.3 Å². The van der Waals surface area contributed by atoms with Crippen LogP contribution in [0.1, 0.15) is 181 Å². The van der Waals surface area contributed by atoms with Crippen LogP contribution < -0.4 is 0 Å². The summed E-state index contributed by atoms with van der Waals surface area (Å²) in [5.41, 5.74) is 0. The van der Waals surface area contributed by atoms with Gasteiger partial charge in [-0.15, -0.1) is 0 Å². The maximum atomic E-state index is 12.8. The van der Waals surface area contributed by atoms with E-state index in [9.17, 15) is 14.4 Å². The van der Waals surface area contributed by atoms with E-state index in [0.29, 0.717) is 19.3 Å². The summed E-state index contributed by atoms with van der Waals surface area (Å²) in [4.78, 5) is 37.9. The summed E-state index contributed by atoms with van der Waals surface area (Å²) in [7, 11) is 0. The van der Waals surface area contributed by atoms with Gasteiger partial charge in [-0.2, -0.15) is 0 Å². The Labute approximate surface area is 403 Å². The zero-order valence-corrected chi connectivity index (χ0v) is 41.6. The molecule has 0 bridgehead atoms. The fourth-order valence-corrected chi connectivity index (χ4v) is 6.13. The molecule has 66 heavy (non-hydrogen) atoms. The van der Waals surface area contributed by atoms with Crippen molar-refractivity contribution in [3.8, 4) is 0 Å². The van der Waals surface area contributed by atoms with Gasteiger partial charge in [0.1, 0.15) is 13.2 Å². The third kappa shape index (κ3) is 50.0. The Morgan fingerprint density at radius 1 is 0.333 bits per heavy atom. The molecule has 0 aliphatic heterocycles. The number of carbonyl (C=O) groups is 3. The lowest BCUT2D eigenvalue weighted by atomic mass is 10.1. The van der Waals surface area contributed by atoms with Crippen LogP contribution in [0.15, 0.2) is 158 Å². The van der Waals surface area contributed by atoms with E-state index in [1.54, 1.807) is 0 Å². The Hall–Kier alpha value is -4.97. The van der Waals surface area contributed by atoms with Crippen molar-refractivity contribution >= 4 is 17.9 Å². The molecule has 0 aromatic heterocycles. The zero-order chi connectivity index (χ0) is 47.9. The van der Waals surface area contributed by atoms with Crippen molar-refractivity contribution in [3.05, 3.63) is 158 Å². The molecular formula is C60H90O6. The van der Waals surface area contributed by atoms with Gasteiger partial charge in [-0.25, -0.2) is 0 Å². The lowest BCUT2D eigenvalue weighted by Crippen LogP contribution is -2.30. The molecule has 0 fully saturated rings. The van der Waals surface area contributed by atoms with Crippen molar-refractivity contribution in [3.63, 3.8) is 0 Å². The highest BCUT2D eigenvalue weighted by Gasteiger charge is 2.19. The summed E-state index contributed by atoms with van der Waals surface area (Å²) in [6, 6.07) is 0. The number of hydrogen-bond donors (Lipinski definition) is 0. The van der Waals surface area contributed by atoms with Crippen molar-refractivity contribution in [2.75, 3.05) is 13.2 Å². The monoisotopic (exact) mass is 907 g/mol. The minimum absolute atomic E-state index is 0.157. The first-order chi connectivity index (χ1) is 32.5. The van der Waals surface area contributed by atoms with Crippen LogP contribution in [-0.4, -0.2) is 37.2 Å². The Morgan fingerprint density at radius 2 is 0.712 bits per heavy atom. The second-order valence-electron chi connectivity index (χ2n) is 16.1. The minimum atomic E-state index is -0.859. The van der Waals surface area contributed by atoms with Crippen LogP contribution in [0.3, 0.4) is 0 Å². The third-order valence-electron chi connectivity index (χ3n) is 9.92. The van der Waals surface area contributed by atoms with Crippen LogP contribution in [-0.2, 0) is 28.6 Å². The molecule has 0 aromatic rings. The Morgan fingerprint density at radius 3 is 1.23 bits per heavy atom. The highest BCUT2D eigenvalue weighted by atomic mass is 16.6. The summed E-state index contributed by atoms with van der Waals surface area (Å²) in [5.74, 6) is -1.15. The maximum absolute atomic E-state index is 12.8. The first-order valence-corrected chi connectivity index (χ1v) is 25.6. The highest BCUT2D eigenvalue weighted by Crippen LogP contribution is 2.11. The maximum Gasteiger partial charge on any atom is 0.306 e. The predicted molar refractivity (Wildman–Crippen MR) is 283 cm³/mol. The van der Waals surface area contributed by atoms with E-state index in [2.05, 4.69) is 112 Å². The number of esters is 3. The van der Waals surface area contributed by atoms with Crippen LogP contribution in [0.2, 0.25) is 0 Å². The van der Waals surface area contributed by atoms with Crippen LogP contribution in [0, 0.1) is 0 Å². The van der Waals surface area contributed by atoms with Gasteiger partial charge in [0.05, 0.1) is 0 Å². The average molecular weight is 907 g/mol. The molecule has 0 N–H and O–H groups in total. The van der Waals surface area contributed by atoms with Gasteiger partial charge in [0.15, 0.2) is 6.10 Å². The fraction of sp³-hybridized carbons (Fsp3) is 0.517. The van der Waals surface area contributed by atoms with E-state index in [1.165, 1.54) is 44.9 Å². The number of ether oxygens (including phenoxy) is 3. The summed E-state index contributed by atoms with van der Waals surface area (Å²) >= 11 is 0. The topological polar surface area (TPSA) is 78.9 Å². The molecule has 0 amide bonds. The van der Waals surface area contributed by atoms with Crippen LogP contribution in [0.4, 0.5) is 0 Å². The SMILES string of the molecule is CC/C=C/C=C/C=C/C=C/C=C/CCCC(=O)OCC(COC(=O)CC/C=C/C/C=C/C/C=C/C/C=C/C/C=C/C/C=C/CC)OC(=O)CCCCC/C=C/C=C/CCCCCCCCC. The van der Waals surface area contributed by atoms with Gasteiger partial charge < -0.3 is 14.2 Å². The van der Waals surface area contributed by atoms with Crippen molar-refractivity contribution in [2.24, 2.45) is 0 Å². The standard InChI is InChI=1S/C60H90O6/c1-4-7-10-13-16-19-22-25-27-29-30-31-33-35-38-41-44-47-50-53-59(62)65-56-57(55-64-58(61)52-49-46-43-40-37-34-24-21-18-15-12-9-6-3)66-60(63)54-51-48-45-42-39-36-32-28-26-23-20-17-14-11-8-5-2/h7,9-10,12,15-16,18-19,21,24-25,27-28,30-32,34-40,43-44,47,57H,4-6,8,11,13-14,17,20,22-23,26,29,33,41-42,45-46,48-56H2,1-3H3/b10-7+,12-9+,18-15+,19-16+,24-21+,27-25+,31-30+,32-28+,37-34+,38-35+,39-36+,43-40+,47-44+. The van der Waals surface area contributed by atoms with Gasteiger partial charge in [0.25, 0.3) is 0 Å². The number of rotatable bonds is 43. The highest BCUT2D eigenvalue weighted by molar-refractivity contribution is 5.71. The first kappa shape index (κ1) is 61.0. The van der Waals surface area contributed by atoms with Crippen molar-refractivity contribution in [2.45, 2.75) is 187 Å². The Balaban J connectivity index is 4.67. The van der Waals surface area contributed by atoms with Crippen LogP contribution >= 0.6 is 0 Å². The van der Waals surface area contributed by atoms with Crippen molar-refractivity contribution in [1.29, 1.82) is 0 Å². The molecule has 0 radical (unpaired) electrons. The number of unbranched alkanes of at least 4 members (excludes halogenated alkanes) is 11. The second kappa shape index (κ2) is 52.7. The third-order valence-corrected chi connectivity index (χ3v) is 9.92. The first-order valence-electron chi connectivity index (χ1n) is 25.6. The fourth-order valence-electron chi connectivity index (χ4n) is 6.13.